The van der Waals surface area contributed by atoms with E-state index in [-0.39, 0.29) is 17.7 Å². The van der Waals surface area contributed by atoms with Crippen molar-refractivity contribution in [2.75, 3.05) is 25.5 Å². The summed E-state index contributed by atoms with van der Waals surface area (Å²) >= 11 is 0. The third kappa shape index (κ3) is 3.05. The van der Waals surface area contributed by atoms with Gasteiger partial charge in [0.2, 0.25) is 10.0 Å². The third-order valence-electron chi connectivity index (χ3n) is 4.13. The minimum absolute atomic E-state index is 0.0662. The van der Waals surface area contributed by atoms with E-state index in [1.165, 1.54) is 0 Å². The van der Waals surface area contributed by atoms with Crippen LogP contribution in [0.25, 0.3) is 0 Å². The maximum absolute atomic E-state index is 12.6. The zero-order valence-corrected chi connectivity index (χ0v) is 12.3. The van der Waals surface area contributed by atoms with Gasteiger partial charge >= 0.3 is 0 Å². The number of rotatable bonds is 5. The fourth-order valence-corrected chi connectivity index (χ4v) is 5.19. The number of nitrogens with zero attached hydrogens (tertiary/aromatic N) is 3. The standard InChI is InChI=1S/C13H21N3O3S/c17-20(18,10-12-3-7-19-9-12)16-5-1-2-13(16)8-15-6-4-14-11-15/h4,6,11-13H,1-3,5,7-10H2. The molecule has 112 valence electrons. The van der Waals surface area contributed by atoms with Gasteiger partial charge in [-0.1, -0.05) is 0 Å². The van der Waals surface area contributed by atoms with E-state index < -0.39 is 10.0 Å². The molecule has 2 fully saturated rings. The van der Waals surface area contributed by atoms with Crippen LogP contribution in [0.2, 0.25) is 0 Å². The Morgan fingerprint density at radius 3 is 2.95 bits per heavy atom. The molecule has 0 spiro atoms. The van der Waals surface area contributed by atoms with Gasteiger partial charge in [-0.2, -0.15) is 4.31 Å². The molecule has 0 radical (unpaired) electrons. The van der Waals surface area contributed by atoms with Crippen molar-refractivity contribution in [2.45, 2.75) is 31.8 Å². The van der Waals surface area contributed by atoms with Crippen LogP contribution in [0.3, 0.4) is 0 Å². The Labute approximate surface area is 119 Å². The van der Waals surface area contributed by atoms with Crippen LogP contribution >= 0.6 is 0 Å². The van der Waals surface area contributed by atoms with E-state index in [1.54, 1.807) is 16.8 Å². The molecule has 0 bridgehead atoms. The second-order valence-corrected chi connectivity index (χ2v) is 7.64. The molecule has 0 aromatic carbocycles. The number of hydrogen-bond acceptors (Lipinski definition) is 4. The molecule has 2 aliphatic heterocycles. The minimum Gasteiger partial charge on any atom is -0.381 e. The Morgan fingerprint density at radius 2 is 2.25 bits per heavy atom. The van der Waals surface area contributed by atoms with Crippen molar-refractivity contribution in [2.24, 2.45) is 5.92 Å². The largest absolute Gasteiger partial charge is 0.381 e. The molecule has 20 heavy (non-hydrogen) atoms. The van der Waals surface area contributed by atoms with Gasteiger partial charge in [0.05, 0.1) is 18.7 Å². The summed E-state index contributed by atoms with van der Waals surface area (Å²) in [5.41, 5.74) is 0. The van der Waals surface area contributed by atoms with Gasteiger partial charge in [0.1, 0.15) is 0 Å². The first-order valence-electron chi connectivity index (χ1n) is 7.18. The summed E-state index contributed by atoms with van der Waals surface area (Å²) < 4.78 is 34.1. The highest BCUT2D eigenvalue weighted by Gasteiger charge is 2.36. The molecule has 1 aromatic rings. The smallest absolute Gasteiger partial charge is 0.214 e. The molecule has 0 aliphatic carbocycles. The van der Waals surface area contributed by atoms with Crippen molar-refractivity contribution >= 4 is 10.0 Å². The molecule has 2 saturated heterocycles. The average molecular weight is 299 g/mol. The van der Waals surface area contributed by atoms with Gasteiger partial charge < -0.3 is 9.30 Å². The lowest BCUT2D eigenvalue weighted by molar-refractivity contribution is 0.188. The Hall–Kier alpha value is -0.920. The Kier molecular flexibility index (Phi) is 4.09. The molecule has 2 aliphatic rings. The quantitative estimate of drug-likeness (QED) is 0.803. The summed E-state index contributed by atoms with van der Waals surface area (Å²) in [5.74, 6) is 0.391. The van der Waals surface area contributed by atoms with Crippen LogP contribution in [0.15, 0.2) is 18.7 Å². The van der Waals surface area contributed by atoms with E-state index >= 15 is 0 Å². The van der Waals surface area contributed by atoms with Crippen LogP contribution in [0.5, 0.6) is 0 Å². The molecule has 0 amide bonds. The van der Waals surface area contributed by atoms with E-state index in [1.807, 2.05) is 10.8 Å². The average Bonchev–Trinajstić information content (AvgIpc) is 3.10. The first-order valence-corrected chi connectivity index (χ1v) is 8.79. The molecule has 3 rings (SSSR count). The summed E-state index contributed by atoms with van der Waals surface area (Å²) in [5, 5.41) is 0. The second-order valence-electron chi connectivity index (χ2n) is 5.67. The Balaban J connectivity index is 1.67. The number of imidazole rings is 1. The lowest BCUT2D eigenvalue weighted by Crippen LogP contribution is -2.40. The van der Waals surface area contributed by atoms with Crippen molar-refractivity contribution in [1.82, 2.24) is 13.9 Å². The van der Waals surface area contributed by atoms with E-state index in [4.69, 9.17) is 4.74 Å². The maximum atomic E-state index is 12.6. The predicted octanol–water partition coefficient (Wildman–Crippen LogP) is 0.714. The fraction of sp³-hybridized carbons (Fsp3) is 0.769. The molecule has 6 nitrogen and oxygen atoms in total. The molecule has 0 saturated carbocycles. The van der Waals surface area contributed by atoms with Gasteiger partial charge in [0, 0.05) is 38.1 Å². The zero-order valence-electron chi connectivity index (χ0n) is 11.5. The highest BCUT2D eigenvalue weighted by Crippen LogP contribution is 2.25. The summed E-state index contributed by atoms with van der Waals surface area (Å²) in [6, 6.07) is 0.0662. The normalized spacial score (nSPS) is 28.2. The Bertz CT molecular complexity index is 523. The van der Waals surface area contributed by atoms with Crippen LogP contribution in [0.1, 0.15) is 19.3 Å². The Morgan fingerprint density at radius 1 is 1.35 bits per heavy atom. The van der Waals surface area contributed by atoms with Gasteiger partial charge in [-0.05, 0) is 25.2 Å². The van der Waals surface area contributed by atoms with E-state index in [0.717, 1.165) is 19.3 Å². The number of sulfonamides is 1. The topological polar surface area (TPSA) is 64.4 Å². The van der Waals surface area contributed by atoms with Gasteiger partial charge in [0.25, 0.3) is 0 Å². The minimum atomic E-state index is -3.18. The maximum Gasteiger partial charge on any atom is 0.214 e. The zero-order chi connectivity index (χ0) is 14.0. The first kappa shape index (κ1) is 14.0. The summed E-state index contributed by atoms with van der Waals surface area (Å²) in [6.07, 6.45) is 8.09. The SMILES string of the molecule is O=S(=O)(CC1CCOC1)N1CCCC1Cn1ccnc1. The van der Waals surface area contributed by atoms with Crippen molar-refractivity contribution in [3.05, 3.63) is 18.7 Å². The molecular formula is C13H21N3O3S. The van der Waals surface area contributed by atoms with E-state index in [9.17, 15) is 8.42 Å². The van der Waals surface area contributed by atoms with E-state index in [2.05, 4.69) is 4.98 Å². The van der Waals surface area contributed by atoms with Crippen molar-refractivity contribution in [3.8, 4) is 0 Å². The van der Waals surface area contributed by atoms with Crippen LogP contribution in [-0.2, 0) is 21.3 Å². The summed E-state index contributed by atoms with van der Waals surface area (Å²) in [4.78, 5) is 4.01. The third-order valence-corrected chi connectivity index (χ3v) is 6.22. The number of hydrogen-bond donors (Lipinski definition) is 0. The van der Waals surface area contributed by atoms with Crippen molar-refractivity contribution < 1.29 is 13.2 Å². The fourth-order valence-electron chi connectivity index (χ4n) is 3.10. The van der Waals surface area contributed by atoms with Crippen LogP contribution < -0.4 is 0 Å². The highest BCUT2D eigenvalue weighted by atomic mass is 32.2. The highest BCUT2D eigenvalue weighted by molar-refractivity contribution is 7.89. The number of aromatic nitrogens is 2. The van der Waals surface area contributed by atoms with Crippen molar-refractivity contribution in [1.29, 1.82) is 0 Å². The lowest BCUT2D eigenvalue weighted by atomic mass is 10.2. The molecule has 2 atom stereocenters. The van der Waals surface area contributed by atoms with Crippen LogP contribution in [0.4, 0.5) is 0 Å². The van der Waals surface area contributed by atoms with Gasteiger partial charge in [-0.25, -0.2) is 13.4 Å². The molecule has 3 heterocycles. The molecule has 7 heteroatoms. The molecular weight excluding hydrogens is 278 g/mol. The molecule has 2 unspecified atom stereocenters. The van der Waals surface area contributed by atoms with Crippen molar-refractivity contribution in [3.63, 3.8) is 0 Å². The van der Waals surface area contributed by atoms with Crippen LogP contribution in [0, 0.1) is 5.92 Å². The van der Waals surface area contributed by atoms with Crippen LogP contribution in [-0.4, -0.2) is 53.8 Å². The predicted molar refractivity (Wildman–Crippen MR) is 74.7 cm³/mol. The molecule has 0 N–H and O–H groups in total. The van der Waals surface area contributed by atoms with E-state index in [0.29, 0.717) is 26.3 Å². The molecule has 1 aromatic heterocycles. The van der Waals surface area contributed by atoms with Gasteiger partial charge in [-0.15, -0.1) is 0 Å². The number of ether oxygens (including phenoxy) is 1. The summed E-state index contributed by atoms with van der Waals surface area (Å²) in [6.45, 7) is 2.62. The van der Waals surface area contributed by atoms with Gasteiger partial charge in [0.15, 0.2) is 0 Å². The first-order chi connectivity index (χ1) is 9.65. The van der Waals surface area contributed by atoms with Gasteiger partial charge in [-0.3, -0.25) is 0 Å². The second kappa shape index (κ2) is 5.83. The lowest BCUT2D eigenvalue weighted by Gasteiger charge is -2.25. The summed E-state index contributed by atoms with van der Waals surface area (Å²) in [7, 11) is -3.18. The monoisotopic (exact) mass is 299 g/mol.